The molecule has 118 valence electrons. The molecule has 2 saturated carbocycles. The van der Waals surface area contributed by atoms with Crippen LogP contribution in [0.25, 0.3) is 0 Å². The van der Waals surface area contributed by atoms with Gasteiger partial charge in [-0.2, -0.15) is 5.10 Å². The van der Waals surface area contributed by atoms with E-state index in [9.17, 15) is 4.79 Å². The second-order valence-electron chi connectivity index (χ2n) is 6.57. The van der Waals surface area contributed by atoms with Gasteiger partial charge in [0.1, 0.15) is 5.75 Å². The van der Waals surface area contributed by atoms with E-state index in [2.05, 4.69) is 17.5 Å². The molecule has 4 nitrogen and oxygen atoms in total. The number of hydrazone groups is 1. The number of carbonyl (C=O) groups is 1. The fraction of sp³-hybridized carbons (Fsp3) is 0.556. The third kappa shape index (κ3) is 2.87. The van der Waals surface area contributed by atoms with E-state index in [-0.39, 0.29) is 17.2 Å². The minimum Gasteiger partial charge on any atom is -0.494 e. The molecule has 1 aromatic carbocycles. The molecule has 3 rings (SSSR count). The van der Waals surface area contributed by atoms with E-state index in [0.29, 0.717) is 12.5 Å². The molecule has 0 radical (unpaired) electrons. The summed E-state index contributed by atoms with van der Waals surface area (Å²) in [6, 6.07) is 7.67. The summed E-state index contributed by atoms with van der Waals surface area (Å²) in [5.74, 6) is 1.66. The Morgan fingerprint density at radius 2 is 2.18 bits per heavy atom. The van der Waals surface area contributed by atoms with Gasteiger partial charge in [-0.25, -0.2) is 5.43 Å². The van der Waals surface area contributed by atoms with Crippen LogP contribution in [0.2, 0.25) is 0 Å². The van der Waals surface area contributed by atoms with Crippen molar-refractivity contribution in [3.05, 3.63) is 29.8 Å². The van der Waals surface area contributed by atoms with Crippen LogP contribution in [-0.2, 0) is 4.79 Å². The van der Waals surface area contributed by atoms with Gasteiger partial charge in [-0.15, -0.1) is 0 Å². The Hall–Kier alpha value is -1.84. The van der Waals surface area contributed by atoms with E-state index in [1.165, 1.54) is 25.7 Å². The molecule has 1 aromatic rings. The number of rotatable bonds is 5. The molecule has 0 saturated heterocycles. The molecule has 0 spiro atoms. The quantitative estimate of drug-likeness (QED) is 0.669. The molecule has 4 heteroatoms. The van der Waals surface area contributed by atoms with Crippen molar-refractivity contribution in [3.63, 3.8) is 0 Å². The van der Waals surface area contributed by atoms with E-state index in [1.54, 1.807) is 6.21 Å². The first-order valence-electron chi connectivity index (χ1n) is 8.21. The van der Waals surface area contributed by atoms with E-state index >= 15 is 0 Å². The predicted molar refractivity (Wildman–Crippen MR) is 86.9 cm³/mol. The maximum absolute atomic E-state index is 12.3. The summed E-state index contributed by atoms with van der Waals surface area (Å²) in [7, 11) is 0. The number of hydrogen-bond donors (Lipinski definition) is 1. The zero-order chi connectivity index (χ0) is 15.6. The Balaban J connectivity index is 1.53. The number of nitrogens with zero attached hydrogens (tertiary/aromatic N) is 1. The normalized spacial score (nSPS) is 29.9. The van der Waals surface area contributed by atoms with Gasteiger partial charge in [-0.05, 0) is 60.9 Å². The van der Waals surface area contributed by atoms with E-state index in [1.807, 2.05) is 31.2 Å². The van der Waals surface area contributed by atoms with Crippen molar-refractivity contribution in [2.24, 2.45) is 22.4 Å². The lowest BCUT2D eigenvalue weighted by atomic mass is 9.90. The first-order valence-corrected chi connectivity index (χ1v) is 8.21. The number of benzene rings is 1. The van der Waals surface area contributed by atoms with Gasteiger partial charge in [0.25, 0.3) is 0 Å². The predicted octanol–water partition coefficient (Wildman–Crippen LogP) is 3.36. The lowest BCUT2D eigenvalue weighted by molar-refractivity contribution is -0.123. The van der Waals surface area contributed by atoms with Gasteiger partial charge in [-0.3, -0.25) is 4.79 Å². The Kier molecular flexibility index (Phi) is 4.19. The number of carbonyl (C=O) groups excluding carboxylic acids is 1. The van der Waals surface area contributed by atoms with Gasteiger partial charge in [0.15, 0.2) is 0 Å². The minimum atomic E-state index is 0.0802. The van der Waals surface area contributed by atoms with Crippen molar-refractivity contribution in [3.8, 4) is 5.75 Å². The first kappa shape index (κ1) is 15.1. The second kappa shape index (κ2) is 6.11. The lowest BCUT2D eigenvalue weighted by Gasteiger charge is -2.15. The second-order valence-corrected chi connectivity index (χ2v) is 6.57. The maximum Gasteiger partial charge on any atom is 0.244 e. The topological polar surface area (TPSA) is 50.7 Å². The number of fused-ring (bicyclic) bond motifs is 1. The van der Waals surface area contributed by atoms with Crippen molar-refractivity contribution in [1.82, 2.24) is 5.43 Å². The summed E-state index contributed by atoms with van der Waals surface area (Å²) in [5, 5.41) is 4.10. The number of ether oxygens (including phenoxy) is 1. The van der Waals surface area contributed by atoms with E-state index in [0.717, 1.165) is 11.3 Å². The molecule has 2 aliphatic rings. The molecule has 1 N–H and O–H groups in total. The Morgan fingerprint density at radius 1 is 1.41 bits per heavy atom. The Bertz CT molecular complexity index is 567. The molecule has 2 fully saturated rings. The standard InChI is InChI=1S/C18H24N2O2/c1-3-22-14-9-7-13(8-10-14)12-19-20-17(21)16-15-6-4-5-11-18(15,16)2/h7-10,12,15-16H,3-6,11H2,1-2H3,(H,20,21)/b19-12-/t15-,16+,18+/m1/s1. The maximum atomic E-state index is 12.3. The van der Waals surface area contributed by atoms with Gasteiger partial charge in [-0.1, -0.05) is 19.8 Å². The average Bonchev–Trinajstić information content (AvgIpc) is 3.15. The molecule has 0 bridgehead atoms. The first-order chi connectivity index (χ1) is 10.6. The SMILES string of the molecule is CCOc1ccc(/C=N\NC(=O)[C@@H]2[C@H]3CCCC[C@@]32C)cc1. The highest BCUT2D eigenvalue weighted by Gasteiger charge is 2.64. The smallest absolute Gasteiger partial charge is 0.244 e. The van der Waals surface area contributed by atoms with Crippen LogP contribution < -0.4 is 10.2 Å². The van der Waals surface area contributed by atoms with Crippen molar-refractivity contribution in [2.75, 3.05) is 6.61 Å². The van der Waals surface area contributed by atoms with Crippen LogP contribution in [0.1, 0.15) is 45.1 Å². The molecular formula is C18H24N2O2. The highest BCUT2D eigenvalue weighted by Crippen LogP contribution is 2.66. The average molecular weight is 300 g/mol. The summed E-state index contributed by atoms with van der Waals surface area (Å²) in [4.78, 5) is 12.3. The largest absolute Gasteiger partial charge is 0.494 e. The molecule has 0 aliphatic heterocycles. The zero-order valence-electron chi connectivity index (χ0n) is 13.3. The molecule has 2 aliphatic carbocycles. The fourth-order valence-electron chi connectivity index (χ4n) is 3.91. The molecule has 0 unspecified atom stereocenters. The number of nitrogens with one attached hydrogen (secondary N) is 1. The van der Waals surface area contributed by atoms with Crippen LogP contribution in [0.5, 0.6) is 5.75 Å². The number of amides is 1. The van der Waals surface area contributed by atoms with Crippen LogP contribution in [0.4, 0.5) is 0 Å². The lowest BCUT2D eigenvalue weighted by Crippen LogP contribution is -2.22. The summed E-state index contributed by atoms with van der Waals surface area (Å²) < 4.78 is 5.39. The Morgan fingerprint density at radius 3 is 2.82 bits per heavy atom. The van der Waals surface area contributed by atoms with Gasteiger partial charge >= 0.3 is 0 Å². The van der Waals surface area contributed by atoms with E-state index < -0.39 is 0 Å². The van der Waals surface area contributed by atoms with Crippen molar-refractivity contribution < 1.29 is 9.53 Å². The van der Waals surface area contributed by atoms with Crippen LogP contribution in [-0.4, -0.2) is 18.7 Å². The molecule has 3 atom stereocenters. The third-order valence-corrected chi connectivity index (χ3v) is 5.19. The zero-order valence-corrected chi connectivity index (χ0v) is 13.3. The van der Waals surface area contributed by atoms with Gasteiger partial charge in [0.2, 0.25) is 5.91 Å². The van der Waals surface area contributed by atoms with Crippen LogP contribution >= 0.6 is 0 Å². The van der Waals surface area contributed by atoms with Crippen LogP contribution in [0.3, 0.4) is 0 Å². The van der Waals surface area contributed by atoms with Gasteiger partial charge in [0, 0.05) is 5.92 Å². The molecule has 22 heavy (non-hydrogen) atoms. The van der Waals surface area contributed by atoms with Gasteiger partial charge < -0.3 is 4.74 Å². The van der Waals surface area contributed by atoms with Crippen molar-refractivity contribution in [1.29, 1.82) is 0 Å². The summed E-state index contributed by atoms with van der Waals surface area (Å²) >= 11 is 0. The monoisotopic (exact) mass is 300 g/mol. The van der Waals surface area contributed by atoms with Gasteiger partial charge in [0.05, 0.1) is 12.8 Å². The molecule has 1 amide bonds. The molecule has 0 heterocycles. The molecular weight excluding hydrogens is 276 g/mol. The highest BCUT2D eigenvalue weighted by atomic mass is 16.5. The van der Waals surface area contributed by atoms with Crippen LogP contribution in [0, 0.1) is 17.3 Å². The number of hydrogen-bond acceptors (Lipinski definition) is 3. The Labute approximate surface area is 131 Å². The minimum absolute atomic E-state index is 0.0802. The van der Waals surface area contributed by atoms with Crippen LogP contribution in [0.15, 0.2) is 29.4 Å². The summed E-state index contributed by atoms with van der Waals surface area (Å²) in [5.41, 5.74) is 3.89. The summed E-state index contributed by atoms with van der Waals surface area (Å²) in [6.07, 6.45) is 6.57. The van der Waals surface area contributed by atoms with Crippen molar-refractivity contribution in [2.45, 2.75) is 39.5 Å². The fourth-order valence-corrected chi connectivity index (χ4v) is 3.91. The van der Waals surface area contributed by atoms with Crippen molar-refractivity contribution >= 4 is 12.1 Å². The highest BCUT2D eigenvalue weighted by molar-refractivity contribution is 5.85. The summed E-state index contributed by atoms with van der Waals surface area (Å²) in [6.45, 7) is 4.86. The third-order valence-electron chi connectivity index (χ3n) is 5.19. The van der Waals surface area contributed by atoms with E-state index in [4.69, 9.17) is 4.74 Å². The molecule has 0 aromatic heterocycles.